The zero-order valence-electron chi connectivity index (χ0n) is 13.1. The summed E-state index contributed by atoms with van der Waals surface area (Å²) in [7, 11) is 0. The summed E-state index contributed by atoms with van der Waals surface area (Å²) in [5.74, 6) is 0.852. The van der Waals surface area contributed by atoms with Crippen molar-refractivity contribution in [3.63, 3.8) is 0 Å². The van der Waals surface area contributed by atoms with Gasteiger partial charge in [0.25, 0.3) is 0 Å². The lowest BCUT2D eigenvalue weighted by atomic mass is 10.2. The summed E-state index contributed by atoms with van der Waals surface area (Å²) < 4.78 is 6.00. The van der Waals surface area contributed by atoms with E-state index in [1.807, 2.05) is 43.5 Å². The first-order valence-electron chi connectivity index (χ1n) is 7.88. The predicted octanol–water partition coefficient (Wildman–Crippen LogP) is 3.25. The number of thiazole rings is 1. The molecule has 1 aromatic heterocycles. The van der Waals surface area contributed by atoms with Crippen molar-refractivity contribution in [3.05, 3.63) is 46.4 Å². The Morgan fingerprint density at radius 1 is 1.35 bits per heavy atom. The van der Waals surface area contributed by atoms with E-state index in [1.165, 1.54) is 0 Å². The maximum atomic E-state index is 12.1. The SMILES string of the molecule is Cc1cnc(CNC(=O)N[C@H]2CCC[C@H]2Oc2ccccc2)s1. The highest BCUT2D eigenvalue weighted by Crippen LogP contribution is 2.24. The summed E-state index contributed by atoms with van der Waals surface area (Å²) in [4.78, 5) is 17.5. The van der Waals surface area contributed by atoms with Gasteiger partial charge in [-0.05, 0) is 38.3 Å². The zero-order chi connectivity index (χ0) is 16.1. The molecule has 0 saturated heterocycles. The minimum absolute atomic E-state index is 0.0326. The van der Waals surface area contributed by atoms with E-state index in [1.54, 1.807) is 11.3 Å². The van der Waals surface area contributed by atoms with Gasteiger partial charge in [-0.15, -0.1) is 11.3 Å². The summed E-state index contributed by atoms with van der Waals surface area (Å²) in [5.41, 5.74) is 0. The van der Waals surface area contributed by atoms with E-state index in [0.717, 1.165) is 34.9 Å². The Hall–Kier alpha value is -2.08. The van der Waals surface area contributed by atoms with Crippen molar-refractivity contribution in [2.24, 2.45) is 0 Å². The van der Waals surface area contributed by atoms with Crippen molar-refractivity contribution in [2.45, 2.75) is 44.9 Å². The van der Waals surface area contributed by atoms with Gasteiger partial charge in [-0.25, -0.2) is 9.78 Å². The van der Waals surface area contributed by atoms with E-state index in [0.29, 0.717) is 6.54 Å². The Morgan fingerprint density at radius 3 is 2.91 bits per heavy atom. The van der Waals surface area contributed by atoms with E-state index in [4.69, 9.17) is 4.74 Å². The predicted molar refractivity (Wildman–Crippen MR) is 90.7 cm³/mol. The number of ether oxygens (including phenoxy) is 1. The van der Waals surface area contributed by atoms with Gasteiger partial charge >= 0.3 is 6.03 Å². The maximum absolute atomic E-state index is 12.1. The largest absolute Gasteiger partial charge is 0.488 e. The maximum Gasteiger partial charge on any atom is 0.315 e. The molecule has 0 spiro atoms. The minimum Gasteiger partial charge on any atom is -0.488 e. The normalized spacial score (nSPS) is 20.2. The second-order valence-electron chi connectivity index (χ2n) is 5.70. The molecule has 122 valence electrons. The monoisotopic (exact) mass is 331 g/mol. The van der Waals surface area contributed by atoms with Gasteiger partial charge in [-0.3, -0.25) is 0 Å². The molecule has 1 heterocycles. The highest BCUT2D eigenvalue weighted by Gasteiger charge is 2.30. The first kappa shape index (κ1) is 15.8. The number of hydrogen-bond acceptors (Lipinski definition) is 4. The number of aryl methyl sites for hydroxylation is 1. The lowest BCUT2D eigenvalue weighted by Crippen LogP contribution is -2.46. The van der Waals surface area contributed by atoms with Gasteiger partial charge in [0.15, 0.2) is 0 Å². The lowest BCUT2D eigenvalue weighted by Gasteiger charge is -2.22. The van der Waals surface area contributed by atoms with Crippen LogP contribution in [0.4, 0.5) is 4.79 Å². The number of carbonyl (C=O) groups is 1. The molecule has 1 aromatic carbocycles. The third-order valence-electron chi connectivity index (χ3n) is 3.87. The average Bonchev–Trinajstić information content (AvgIpc) is 3.16. The molecule has 2 atom stereocenters. The third kappa shape index (κ3) is 4.45. The third-order valence-corrected chi connectivity index (χ3v) is 4.78. The Morgan fingerprint density at radius 2 is 2.17 bits per heavy atom. The fourth-order valence-electron chi connectivity index (χ4n) is 2.76. The average molecular weight is 331 g/mol. The fraction of sp³-hybridized carbons (Fsp3) is 0.412. The van der Waals surface area contributed by atoms with Gasteiger partial charge in [0, 0.05) is 11.1 Å². The molecule has 5 nitrogen and oxygen atoms in total. The van der Waals surface area contributed by atoms with E-state index < -0.39 is 0 Å². The molecular formula is C17H21N3O2S. The van der Waals surface area contributed by atoms with Crippen LogP contribution in [-0.4, -0.2) is 23.2 Å². The number of hydrogen-bond donors (Lipinski definition) is 2. The smallest absolute Gasteiger partial charge is 0.315 e. The Balaban J connectivity index is 1.48. The van der Waals surface area contributed by atoms with Crippen molar-refractivity contribution in [2.75, 3.05) is 0 Å². The first-order chi connectivity index (χ1) is 11.2. The second-order valence-corrected chi connectivity index (χ2v) is 7.02. The quantitative estimate of drug-likeness (QED) is 0.884. The van der Waals surface area contributed by atoms with Crippen molar-refractivity contribution < 1.29 is 9.53 Å². The first-order valence-corrected chi connectivity index (χ1v) is 8.70. The van der Waals surface area contributed by atoms with E-state index in [-0.39, 0.29) is 18.2 Å². The molecule has 1 aliphatic rings. The number of nitrogens with zero attached hydrogens (tertiary/aromatic N) is 1. The van der Waals surface area contributed by atoms with Gasteiger partial charge in [0.05, 0.1) is 12.6 Å². The second kappa shape index (κ2) is 7.46. The molecule has 2 aromatic rings. The topological polar surface area (TPSA) is 63.2 Å². The summed E-state index contributed by atoms with van der Waals surface area (Å²) in [5, 5.41) is 6.81. The summed E-state index contributed by atoms with van der Waals surface area (Å²) in [6.07, 6.45) is 4.83. The van der Waals surface area contributed by atoms with Crippen LogP contribution >= 0.6 is 11.3 Å². The molecule has 6 heteroatoms. The summed E-state index contributed by atoms with van der Waals surface area (Å²) >= 11 is 1.60. The number of urea groups is 1. The highest BCUT2D eigenvalue weighted by molar-refractivity contribution is 7.11. The lowest BCUT2D eigenvalue weighted by molar-refractivity contribution is 0.172. The molecular weight excluding hydrogens is 310 g/mol. The Labute approximate surface area is 140 Å². The summed E-state index contributed by atoms with van der Waals surface area (Å²) in [6, 6.07) is 9.65. The zero-order valence-corrected chi connectivity index (χ0v) is 13.9. The van der Waals surface area contributed by atoms with Crippen LogP contribution in [0.3, 0.4) is 0 Å². The molecule has 1 saturated carbocycles. The van der Waals surface area contributed by atoms with E-state index in [2.05, 4.69) is 15.6 Å². The van der Waals surface area contributed by atoms with Crippen LogP contribution < -0.4 is 15.4 Å². The Bertz CT molecular complexity index is 644. The summed E-state index contributed by atoms with van der Waals surface area (Å²) in [6.45, 7) is 2.46. The van der Waals surface area contributed by atoms with Crippen LogP contribution in [0.5, 0.6) is 5.75 Å². The van der Waals surface area contributed by atoms with Gasteiger partial charge in [0.2, 0.25) is 0 Å². The molecule has 0 unspecified atom stereocenters. The van der Waals surface area contributed by atoms with E-state index in [9.17, 15) is 4.79 Å². The van der Waals surface area contributed by atoms with Gasteiger partial charge in [-0.1, -0.05) is 18.2 Å². The van der Waals surface area contributed by atoms with Crippen LogP contribution in [0.2, 0.25) is 0 Å². The number of carbonyl (C=O) groups excluding carboxylic acids is 1. The van der Waals surface area contributed by atoms with Crippen molar-refractivity contribution in [1.29, 1.82) is 0 Å². The van der Waals surface area contributed by atoms with Crippen LogP contribution in [0.25, 0.3) is 0 Å². The molecule has 0 radical (unpaired) electrons. The van der Waals surface area contributed by atoms with Gasteiger partial charge < -0.3 is 15.4 Å². The van der Waals surface area contributed by atoms with Crippen molar-refractivity contribution in [1.82, 2.24) is 15.6 Å². The molecule has 1 aliphatic carbocycles. The van der Waals surface area contributed by atoms with Crippen LogP contribution in [-0.2, 0) is 6.54 Å². The molecule has 0 bridgehead atoms. The molecule has 3 rings (SSSR count). The number of amides is 2. The molecule has 0 aliphatic heterocycles. The molecule has 1 fully saturated rings. The molecule has 2 N–H and O–H groups in total. The molecule has 2 amide bonds. The number of nitrogens with one attached hydrogen (secondary N) is 2. The van der Waals surface area contributed by atoms with Crippen LogP contribution in [0.15, 0.2) is 36.5 Å². The van der Waals surface area contributed by atoms with Gasteiger partial charge in [-0.2, -0.15) is 0 Å². The van der Waals surface area contributed by atoms with Crippen molar-refractivity contribution >= 4 is 17.4 Å². The van der Waals surface area contributed by atoms with Crippen LogP contribution in [0, 0.1) is 6.92 Å². The van der Waals surface area contributed by atoms with Crippen molar-refractivity contribution in [3.8, 4) is 5.75 Å². The van der Waals surface area contributed by atoms with Crippen LogP contribution in [0.1, 0.15) is 29.1 Å². The number of aromatic nitrogens is 1. The highest BCUT2D eigenvalue weighted by atomic mass is 32.1. The van der Waals surface area contributed by atoms with E-state index >= 15 is 0 Å². The minimum atomic E-state index is -0.161. The fourth-order valence-corrected chi connectivity index (χ4v) is 3.49. The number of rotatable bonds is 5. The Kier molecular flexibility index (Phi) is 5.12. The molecule has 23 heavy (non-hydrogen) atoms. The number of para-hydroxylation sites is 1. The number of benzene rings is 1. The standard InChI is InChI=1S/C17H21N3O2S/c1-12-10-18-16(23-12)11-19-17(21)20-14-8-5-9-15(14)22-13-6-3-2-4-7-13/h2-4,6-7,10,14-15H,5,8-9,11H2,1H3,(H2,19,20,21)/t14-,15+/m0/s1. The van der Waals surface area contributed by atoms with Gasteiger partial charge in [0.1, 0.15) is 16.9 Å².